The van der Waals surface area contributed by atoms with Crippen molar-refractivity contribution in [3.8, 4) is 5.75 Å². The maximum Gasteiger partial charge on any atom is 0.130 e. The zero-order valence-electron chi connectivity index (χ0n) is 15.5. The quantitative estimate of drug-likeness (QED) is 0.511. The number of nitrogens with one attached hydrogen (secondary N) is 2. The Bertz CT molecular complexity index is 850. The van der Waals surface area contributed by atoms with Crippen LogP contribution in [0.4, 0.5) is 11.5 Å². The molecule has 0 spiro atoms. The minimum absolute atomic E-state index is 0. The van der Waals surface area contributed by atoms with Crippen LogP contribution in [0.2, 0.25) is 0 Å². The van der Waals surface area contributed by atoms with Crippen LogP contribution < -0.4 is 15.8 Å². The molecule has 0 bridgehead atoms. The second-order valence-electron chi connectivity index (χ2n) is 7.48. The summed E-state index contributed by atoms with van der Waals surface area (Å²) in [5.41, 5.74) is 7.94. The van der Waals surface area contributed by atoms with Gasteiger partial charge in [-0.2, -0.15) is 0 Å². The topological polar surface area (TPSA) is 106 Å². The smallest absolute Gasteiger partial charge is 0.130 e. The highest BCUT2D eigenvalue weighted by Gasteiger charge is 2.40. The molecule has 7 heteroatoms. The number of nitrogen functional groups attached to an aromatic ring is 1. The van der Waals surface area contributed by atoms with Gasteiger partial charge in [0.15, 0.2) is 0 Å². The first-order valence-corrected chi connectivity index (χ1v) is 9.38. The number of hydrogen-bond acceptors (Lipinski definition) is 7. The van der Waals surface area contributed by atoms with Gasteiger partial charge in [0, 0.05) is 31.9 Å². The first kappa shape index (κ1) is 17.7. The number of benzene rings is 1. The van der Waals surface area contributed by atoms with Crippen molar-refractivity contribution in [1.82, 2.24) is 9.97 Å². The molecule has 4 N–H and O–H groups in total. The highest BCUT2D eigenvalue weighted by atomic mass is 16.5. The highest BCUT2D eigenvalue weighted by molar-refractivity contribution is 6.13. The van der Waals surface area contributed by atoms with E-state index in [0.717, 1.165) is 38.0 Å². The van der Waals surface area contributed by atoms with Gasteiger partial charge in [0.05, 0.1) is 17.5 Å². The van der Waals surface area contributed by atoms with E-state index in [2.05, 4.69) is 22.2 Å². The molecule has 144 valence electrons. The molecule has 7 nitrogen and oxygen atoms in total. The highest BCUT2D eigenvalue weighted by Crippen LogP contribution is 2.40. The lowest BCUT2D eigenvalue weighted by atomic mass is 10.0. The number of hydrogen-bond donors (Lipinski definition) is 3. The van der Waals surface area contributed by atoms with Crippen molar-refractivity contribution in [2.75, 3.05) is 24.2 Å². The molecule has 1 aliphatic heterocycles. The average Bonchev–Trinajstić information content (AvgIpc) is 3.17. The Morgan fingerprint density at radius 3 is 3.00 bits per heavy atom. The Hall–Kier alpha value is -2.67. The van der Waals surface area contributed by atoms with E-state index >= 15 is 0 Å². The first-order valence-electron chi connectivity index (χ1n) is 9.38. The van der Waals surface area contributed by atoms with E-state index in [-0.39, 0.29) is 18.8 Å². The van der Waals surface area contributed by atoms with Gasteiger partial charge >= 0.3 is 0 Å². The van der Waals surface area contributed by atoms with E-state index in [0.29, 0.717) is 29.3 Å². The minimum atomic E-state index is -0.0795. The molecule has 1 saturated carbocycles. The summed E-state index contributed by atoms with van der Waals surface area (Å²) in [7, 11) is 0. The molecule has 2 aromatic rings. The van der Waals surface area contributed by atoms with Gasteiger partial charge in [-0.3, -0.25) is 5.41 Å². The van der Waals surface area contributed by atoms with Gasteiger partial charge in [0.2, 0.25) is 0 Å². The van der Waals surface area contributed by atoms with Crippen molar-refractivity contribution in [2.45, 2.75) is 44.3 Å². The summed E-state index contributed by atoms with van der Waals surface area (Å²) in [5.74, 6) is 1.41. The fourth-order valence-electron chi connectivity index (χ4n) is 3.13. The van der Waals surface area contributed by atoms with Crippen LogP contribution in [-0.4, -0.2) is 40.5 Å². The number of nitrogens with zero attached hydrogens (tertiary/aromatic N) is 2. The zero-order valence-corrected chi connectivity index (χ0v) is 15.5. The van der Waals surface area contributed by atoms with Crippen LogP contribution >= 0.6 is 0 Å². The summed E-state index contributed by atoms with van der Waals surface area (Å²) >= 11 is 0. The van der Waals surface area contributed by atoms with Crippen molar-refractivity contribution in [3.63, 3.8) is 0 Å². The van der Waals surface area contributed by atoms with Crippen molar-refractivity contribution < 1.29 is 10.9 Å². The summed E-state index contributed by atoms with van der Waals surface area (Å²) < 4.78 is 11.6. The van der Waals surface area contributed by atoms with E-state index in [1.54, 1.807) is 12.1 Å². The van der Waals surface area contributed by atoms with Gasteiger partial charge < -0.3 is 20.5 Å². The van der Waals surface area contributed by atoms with Gasteiger partial charge in [-0.15, -0.1) is 0 Å². The van der Waals surface area contributed by atoms with Crippen LogP contribution in [0, 0.1) is 5.41 Å². The fourth-order valence-corrected chi connectivity index (χ4v) is 3.13. The summed E-state index contributed by atoms with van der Waals surface area (Å²) in [6.07, 6.45) is 5.94. The number of aromatic nitrogens is 2. The number of rotatable bonds is 7. The third-order valence-corrected chi connectivity index (χ3v) is 5.07. The molecular formula is C20H27N5O2. The van der Waals surface area contributed by atoms with Crippen molar-refractivity contribution in [2.24, 2.45) is 0 Å². The van der Waals surface area contributed by atoms with Crippen LogP contribution in [0.1, 0.15) is 45.3 Å². The summed E-state index contributed by atoms with van der Waals surface area (Å²) in [4.78, 5) is 8.49. The molecule has 2 aliphatic rings. The lowest BCUT2D eigenvalue weighted by Crippen LogP contribution is -2.19. The molecule has 2 heterocycles. The standard InChI is InChI=1S/C20H25N5O2.H2/c1-20(6-7-20)27-13-4-5-16(21)15(9-13)19(22)17-10-18(25-12-24-17)23-11-14-3-2-8-26-14;/h4-5,9-10,12,14,22H,2-3,6-8,11,21H2,1H3,(H,23,24,25);1H. The second-order valence-corrected chi connectivity index (χ2v) is 7.48. The van der Waals surface area contributed by atoms with Gasteiger partial charge in [-0.1, -0.05) is 0 Å². The molecule has 0 radical (unpaired) electrons. The Kier molecular flexibility index (Phi) is 4.70. The van der Waals surface area contributed by atoms with Gasteiger partial charge in [0.1, 0.15) is 23.5 Å². The largest absolute Gasteiger partial charge is 0.488 e. The third-order valence-electron chi connectivity index (χ3n) is 5.07. The molecule has 1 aromatic heterocycles. The molecule has 1 atom stereocenters. The maximum absolute atomic E-state index is 8.57. The van der Waals surface area contributed by atoms with E-state index in [1.165, 1.54) is 6.33 Å². The number of anilines is 2. The van der Waals surface area contributed by atoms with Crippen LogP contribution in [0.25, 0.3) is 0 Å². The normalized spacial score (nSPS) is 20.3. The lowest BCUT2D eigenvalue weighted by Gasteiger charge is -2.15. The molecule has 1 aliphatic carbocycles. The Morgan fingerprint density at radius 1 is 1.41 bits per heavy atom. The SMILES string of the molecule is CC1(Oc2ccc(N)c(C(=N)c3cc(NCC4CCCO4)ncn3)c2)CC1.[HH]. The van der Waals surface area contributed by atoms with E-state index in [9.17, 15) is 0 Å². The lowest BCUT2D eigenvalue weighted by molar-refractivity contribution is 0.120. The monoisotopic (exact) mass is 369 g/mol. The molecule has 1 aromatic carbocycles. The maximum atomic E-state index is 8.57. The average molecular weight is 369 g/mol. The predicted octanol–water partition coefficient (Wildman–Crippen LogP) is 3.24. The molecule has 27 heavy (non-hydrogen) atoms. The Labute approximate surface area is 160 Å². The van der Waals surface area contributed by atoms with Crippen LogP contribution in [0.15, 0.2) is 30.6 Å². The number of ether oxygens (including phenoxy) is 2. The molecule has 2 fully saturated rings. The molecular weight excluding hydrogens is 342 g/mol. The first-order chi connectivity index (χ1) is 13.0. The van der Waals surface area contributed by atoms with Gasteiger partial charge in [0.25, 0.3) is 0 Å². The van der Waals surface area contributed by atoms with Crippen LogP contribution in [0.3, 0.4) is 0 Å². The van der Waals surface area contributed by atoms with Crippen molar-refractivity contribution in [3.05, 3.63) is 41.9 Å². The molecule has 4 rings (SSSR count). The Morgan fingerprint density at radius 2 is 2.26 bits per heavy atom. The van der Waals surface area contributed by atoms with E-state index in [1.807, 2.05) is 12.1 Å². The van der Waals surface area contributed by atoms with Crippen LogP contribution in [-0.2, 0) is 4.74 Å². The second kappa shape index (κ2) is 7.15. The molecule has 0 amide bonds. The van der Waals surface area contributed by atoms with Gasteiger partial charge in [-0.25, -0.2) is 9.97 Å². The third kappa shape index (κ3) is 4.19. The Balaban J connectivity index is 0.00000225. The summed E-state index contributed by atoms with van der Waals surface area (Å²) in [5, 5.41) is 11.8. The minimum Gasteiger partial charge on any atom is -0.488 e. The number of nitrogens with two attached hydrogens (primary N) is 1. The predicted molar refractivity (Wildman–Crippen MR) is 107 cm³/mol. The van der Waals surface area contributed by atoms with E-state index < -0.39 is 0 Å². The zero-order chi connectivity index (χ0) is 18.9. The summed E-state index contributed by atoms with van der Waals surface area (Å²) in [6.45, 7) is 3.61. The van der Waals surface area contributed by atoms with Crippen molar-refractivity contribution >= 4 is 17.2 Å². The van der Waals surface area contributed by atoms with Gasteiger partial charge in [-0.05, 0) is 50.8 Å². The fraction of sp³-hybridized carbons (Fsp3) is 0.450. The van der Waals surface area contributed by atoms with Crippen molar-refractivity contribution in [1.29, 1.82) is 5.41 Å². The van der Waals surface area contributed by atoms with Crippen LogP contribution in [0.5, 0.6) is 5.75 Å². The summed E-state index contributed by atoms with van der Waals surface area (Å²) in [6, 6.07) is 7.22. The molecule has 1 unspecified atom stereocenters. The molecule has 1 saturated heterocycles. The van der Waals surface area contributed by atoms with E-state index in [4.69, 9.17) is 20.6 Å².